The van der Waals surface area contributed by atoms with Gasteiger partial charge in [0, 0.05) is 26.7 Å². The molecule has 0 aliphatic carbocycles. The molecule has 28 heavy (non-hydrogen) atoms. The maximum absolute atomic E-state index is 12.6. The smallest absolute Gasteiger partial charge is 0.229 e. The van der Waals surface area contributed by atoms with Crippen molar-refractivity contribution in [2.75, 3.05) is 5.32 Å². The Morgan fingerprint density at radius 3 is 2.18 bits per heavy atom. The number of halogens is 1. The fourth-order valence-corrected chi connectivity index (χ4v) is 4.10. The summed E-state index contributed by atoms with van der Waals surface area (Å²) < 4.78 is 0. The van der Waals surface area contributed by atoms with Crippen molar-refractivity contribution in [2.45, 2.75) is 6.42 Å². The highest BCUT2D eigenvalue weighted by Gasteiger charge is 2.17. The minimum Gasteiger partial charge on any atom is -0.326 e. The fourth-order valence-electron chi connectivity index (χ4n) is 2.88. The first-order valence-corrected chi connectivity index (χ1v) is 10.0. The first-order chi connectivity index (χ1) is 13.7. The Morgan fingerprint density at radius 1 is 0.857 bits per heavy atom. The Hall–Kier alpha value is -2.95. The van der Waals surface area contributed by atoms with Crippen LogP contribution in [-0.4, -0.2) is 10.9 Å². The number of benzene rings is 3. The average Bonchev–Trinajstić information content (AvgIpc) is 3.13. The van der Waals surface area contributed by atoms with Crippen LogP contribution in [0.4, 0.5) is 5.69 Å². The molecule has 5 heteroatoms. The Bertz CT molecular complexity index is 1080. The van der Waals surface area contributed by atoms with E-state index < -0.39 is 0 Å². The Kier molecular flexibility index (Phi) is 5.51. The Labute approximate surface area is 172 Å². The fraction of sp³-hybridized carbons (Fsp3) is 0.0435. The van der Waals surface area contributed by atoms with Crippen molar-refractivity contribution >= 4 is 34.5 Å². The maximum atomic E-state index is 12.6. The van der Waals surface area contributed by atoms with Crippen LogP contribution in [-0.2, 0) is 11.2 Å². The van der Waals surface area contributed by atoms with Gasteiger partial charge in [-0.05, 0) is 24.3 Å². The van der Waals surface area contributed by atoms with E-state index in [1.165, 1.54) is 11.3 Å². The summed E-state index contributed by atoms with van der Waals surface area (Å²) in [6, 6.07) is 27.0. The van der Waals surface area contributed by atoms with E-state index in [-0.39, 0.29) is 12.3 Å². The molecule has 138 valence electrons. The highest BCUT2D eigenvalue weighted by Crippen LogP contribution is 2.34. The van der Waals surface area contributed by atoms with Gasteiger partial charge in [0.1, 0.15) is 5.01 Å². The molecule has 0 atom stereocenters. The zero-order valence-corrected chi connectivity index (χ0v) is 16.5. The van der Waals surface area contributed by atoms with Crippen LogP contribution in [0.25, 0.3) is 21.8 Å². The molecule has 0 aliphatic rings. The molecule has 1 amide bonds. The third kappa shape index (κ3) is 4.30. The summed E-state index contributed by atoms with van der Waals surface area (Å²) in [6.07, 6.45) is 0.268. The summed E-state index contributed by atoms with van der Waals surface area (Å²) >= 11 is 7.54. The predicted molar refractivity (Wildman–Crippen MR) is 117 cm³/mol. The number of aromatic nitrogens is 1. The number of hydrogen-bond acceptors (Lipinski definition) is 3. The summed E-state index contributed by atoms with van der Waals surface area (Å²) in [5.41, 5.74) is 3.62. The lowest BCUT2D eigenvalue weighted by Gasteiger charge is -2.05. The van der Waals surface area contributed by atoms with Crippen LogP contribution >= 0.6 is 22.9 Å². The Morgan fingerprint density at radius 2 is 1.50 bits per heavy atom. The molecular formula is C23H17ClN2OS. The van der Waals surface area contributed by atoms with Crippen LogP contribution in [0, 0.1) is 0 Å². The van der Waals surface area contributed by atoms with Crippen LogP contribution in [0.3, 0.4) is 0 Å². The van der Waals surface area contributed by atoms with Crippen LogP contribution in [0.15, 0.2) is 84.9 Å². The summed E-state index contributed by atoms with van der Waals surface area (Å²) in [5, 5.41) is 4.51. The lowest BCUT2D eigenvalue weighted by Crippen LogP contribution is -2.14. The predicted octanol–water partition coefficient (Wildman–Crippen LogP) is 6.31. The number of hydrogen-bond donors (Lipinski definition) is 1. The van der Waals surface area contributed by atoms with E-state index in [9.17, 15) is 4.79 Å². The van der Waals surface area contributed by atoms with Crippen molar-refractivity contribution in [3.63, 3.8) is 0 Å². The molecular weight excluding hydrogens is 388 g/mol. The Balaban J connectivity index is 1.66. The molecule has 1 heterocycles. The van der Waals surface area contributed by atoms with Gasteiger partial charge in [0.2, 0.25) is 5.91 Å². The van der Waals surface area contributed by atoms with Crippen molar-refractivity contribution in [2.24, 2.45) is 0 Å². The number of amides is 1. The largest absolute Gasteiger partial charge is 0.326 e. The van der Waals surface area contributed by atoms with Gasteiger partial charge in [0.15, 0.2) is 0 Å². The number of nitrogens with zero attached hydrogens (tertiary/aromatic N) is 1. The van der Waals surface area contributed by atoms with Gasteiger partial charge in [-0.15, -0.1) is 11.3 Å². The van der Waals surface area contributed by atoms with Gasteiger partial charge < -0.3 is 5.32 Å². The second-order valence-corrected chi connectivity index (χ2v) is 7.77. The lowest BCUT2D eigenvalue weighted by atomic mass is 10.1. The van der Waals surface area contributed by atoms with Crippen molar-refractivity contribution < 1.29 is 4.79 Å². The highest BCUT2D eigenvalue weighted by molar-refractivity contribution is 7.15. The molecule has 0 radical (unpaired) electrons. The third-order valence-corrected chi connectivity index (χ3v) is 5.57. The first-order valence-electron chi connectivity index (χ1n) is 8.85. The van der Waals surface area contributed by atoms with E-state index in [2.05, 4.69) is 5.32 Å². The number of nitrogens with one attached hydrogen (secondary N) is 1. The highest BCUT2D eigenvalue weighted by atomic mass is 35.5. The number of rotatable bonds is 5. The molecule has 0 saturated carbocycles. The van der Waals surface area contributed by atoms with Crippen LogP contribution in [0.1, 0.15) is 4.88 Å². The van der Waals surface area contributed by atoms with E-state index in [1.54, 1.807) is 0 Å². The zero-order valence-electron chi connectivity index (χ0n) is 14.9. The van der Waals surface area contributed by atoms with Gasteiger partial charge in [-0.25, -0.2) is 4.98 Å². The zero-order chi connectivity index (χ0) is 19.3. The van der Waals surface area contributed by atoms with E-state index in [4.69, 9.17) is 16.6 Å². The van der Waals surface area contributed by atoms with Gasteiger partial charge in [-0.2, -0.15) is 0 Å². The van der Waals surface area contributed by atoms with Crippen molar-refractivity contribution in [1.29, 1.82) is 0 Å². The molecule has 4 aromatic rings. The minimum absolute atomic E-state index is 0.0605. The van der Waals surface area contributed by atoms with Gasteiger partial charge in [-0.3, -0.25) is 4.79 Å². The summed E-state index contributed by atoms with van der Waals surface area (Å²) in [6.45, 7) is 0. The normalized spacial score (nSPS) is 10.6. The number of thiazole rings is 1. The molecule has 0 unspecified atom stereocenters. The first kappa shape index (κ1) is 18.4. The quantitative estimate of drug-likeness (QED) is 0.423. The number of para-hydroxylation sites is 1. The molecule has 0 saturated heterocycles. The topological polar surface area (TPSA) is 42.0 Å². The van der Waals surface area contributed by atoms with Crippen LogP contribution < -0.4 is 5.32 Å². The van der Waals surface area contributed by atoms with Crippen molar-refractivity contribution in [3.8, 4) is 21.8 Å². The van der Waals surface area contributed by atoms with Gasteiger partial charge in [0.05, 0.1) is 12.1 Å². The van der Waals surface area contributed by atoms with E-state index in [0.717, 1.165) is 32.4 Å². The monoisotopic (exact) mass is 404 g/mol. The second kappa shape index (κ2) is 8.38. The summed E-state index contributed by atoms with van der Waals surface area (Å²) in [5.74, 6) is -0.0605. The maximum Gasteiger partial charge on any atom is 0.229 e. The molecule has 0 bridgehead atoms. The molecule has 0 fully saturated rings. The number of carbonyl (C=O) groups excluding carboxylic acids is 1. The van der Waals surface area contributed by atoms with Gasteiger partial charge in [-0.1, -0.05) is 72.3 Å². The van der Waals surface area contributed by atoms with Gasteiger partial charge >= 0.3 is 0 Å². The number of anilines is 1. The van der Waals surface area contributed by atoms with E-state index in [0.29, 0.717) is 5.02 Å². The van der Waals surface area contributed by atoms with E-state index >= 15 is 0 Å². The lowest BCUT2D eigenvalue weighted by molar-refractivity contribution is -0.115. The average molecular weight is 405 g/mol. The van der Waals surface area contributed by atoms with Crippen molar-refractivity contribution in [1.82, 2.24) is 4.98 Å². The SMILES string of the molecule is O=C(Cc1sc(-c2ccc(Cl)cc2)nc1-c1ccccc1)Nc1ccccc1. The third-order valence-electron chi connectivity index (χ3n) is 4.21. The second-order valence-electron chi connectivity index (χ2n) is 6.25. The van der Waals surface area contributed by atoms with Gasteiger partial charge in [0.25, 0.3) is 0 Å². The molecule has 3 nitrogen and oxygen atoms in total. The molecule has 3 aromatic carbocycles. The number of carbonyl (C=O) groups is 1. The molecule has 0 aliphatic heterocycles. The summed E-state index contributed by atoms with van der Waals surface area (Å²) in [7, 11) is 0. The van der Waals surface area contributed by atoms with Crippen LogP contribution in [0.2, 0.25) is 5.02 Å². The van der Waals surface area contributed by atoms with Crippen LogP contribution in [0.5, 0.6) is 0 Å². The molecule has 0 spiro atoms. The standard InChI is InChI=1S/C23H17ClN2OS/c24-18-13-11-17(12-14-18)23-26-22(16-7-3-1-4-8-16)20(28-23)15-21(27)25-19-9-5-2-6-10-19/h1-14H,15H2,(H,25,27). The van der Waals surface area contributed by atoms with E-state index in [1.807, 2.05) is 84.9 Å². The molecule has 4 rings (SSSR count). The molecule has 1 N–H and O–H groups in total. The van der Waals surface area contributed by atoms with Crippen molar-refractivity contribution in [3.05, 3.63) is 94.8 Å². The minimum atomic E-state index is -0.0605. The summed E-state index contributed by atoms with van der Waals surface area (Å²) in [4.78, 5) is 18.4. The molecule has 1 aromatic heterocycles.